The summed E-state index contributed by atoms with van der Waals surface area (Å²) in [4.78, 5) is 0. The lowest BCUT2D eigenvalue weighted by Crippen LogP contribution is -3.05. The number of rotatable bonds is 8. The van der Waals surface area contributed by atoms with Crippen molar-refractivity contribution in [2.75, 3.05) is 0 Å². The molecule has 0 N–H and O–H groups in total. The molecule has 32 fully saturated rings. The Hall–Kier alpha value is 0. The van der Waals surface area contributed by atoms with Crippen LogP contribution in [0.15, 0.2) is 0 Å². The van der Waals surface area contributed by atoms with Crippen LogP contribution in [0.1, 0.15) is 560 Å². The molecule has 0 heterocycles. The molecule has 0 radical (unpaired) electrons. The molecule has 10 bridgehead atoms. The quantitative estimate of drug-likeness (QED) is 0.227. The molecular formula is C137H232. The summed E-state index contributed by atoms with van der Waals surface area (Å²) >= 11 is 0. The second kappa shape index (κ2) is 37.8. The highest BCUT2D eigenvalue weighted by Crippen LogP contribution is 3.07. The van der Waals surface area contributed by atoms with Gasteiger partial charge in [0.1, 0.15) is 0 Å². The summed E-state index contributed by atoms with van der Waals surface area (Å²) in [6.07, 6.45) is 60.3. The minimum absolute atomic E-state index is 0.0369. The third-order valence-electron chi connectivity index (χ3n) is 49.0. The molecule has 32 saturated carbocycles. The number of hydrogen-bond donors (Lipinski definition) is 0. The summed E-state index contributed by atoms with van der Waals surface area (Å²) in [6.45, 7) is 50.5. The van der Waals surface area contributed by atoms with Crippen LogP contribution < -0.4 is 0 Å². The van der Waals surface area contributed by atoms with Crippen molar-refractivity contribution in [3.8, 4) is 0 Å². The van der Waals surface area contributed by atoms with E-state index in [0.717, 1.165) is 196 Å². The molecule has 780 valence electrons. The average molecular weight is 1900 g/mol. The van der Waals surface area contributed by atoms with Crippen LogP contribution >= 0.6 is 0 Å². The van der Waals surface area contributed by atoms with Crippen LogP contribution in [0, 0.1) is 320 Å². The standard InChI is InChI=1S/C19H30.2C19H34.C18H32.C17H30.C16H26.C16H28.C13H18/c1-18(2,3)10-19-9-12-5-14-13-4-11(7-16(14)19)8-17(19)15(13)6-12;1-19(2,3)13-18-16-10-6-4-8-14(16)12-15-9-5-7-11-17(15)18;1-19(2,3)13-15-12-14-8-4-5-9-16(14)18-11-7-6-10-17(15)18;1-18(2,3)12-17-15-10-6-4-8-13(15)14-9-5-7-11-16(14)17;1-17(2,3)11-14-10-13-8-4-6-12-7-5-9-15(14)16(12)13;1-15(2,3)9-12-13-6-4-10-8-11-5-7-14(12)16(10,11)13;1-16(2,3)10-11-4-7-14-12-5-6-13(9-12)15(14)8-11;1-12(2,3)4-13-9-6-5-7(9)11(13)8(5)10(6)13/h11-17H,4-10H2,1-3H3;2*14-18H,4-13H2,1-3H3;13-17H,4-12H2,1-3H3;12-16H,4-11H2,1-3H3;10-14H,4-9H2,1-3H3;11-15H,4-10H2,1-3H3;5-11H,4H2,1-3H3/i10D2;2*13D2;12D2;11D2;9D2;10D2;4D2. The molecule has 32 aliphatic carbocycles. The lowest BCUT2D eigenvalue weighted by molar-refractivity contribution is -0.618. The smallest absolute Gasteiger partial charge is 0.0278 e. The fourth-order valence-corrected chi connectivity index (χ4v) is 46.9. The molecule has 0 aliphatic heterocycles. The van der Waals surface area contributed by atoms with Gasteiger partial charge in [-0.25, -0.2) is 0 Å². The van der Waals surface area contributed by atoms with E-state index < -0.39 is 51.0 Å². The van der Waals surface area contributed by atoms with Gasteiger partial charge in [0.2, 0.25) is 0 Å². The molecule has 32 aliphatic rings. The largest absolute Gasteiger partial charge is 0.0602 e. The second-order valence-electron chi connectivity index (χ2n) is 65.5. The number of hydrogen-bond acceptors (Lipinski definition) is 0. The maximum absolute atomic E-state index is 9.20. The van der Waals surface area contributed by atoms with Crippen molar-refractivity contribution in [3.63, 3.8) is 0 Å². The fraction of sp³-hybridized carbons (Fsp3) is 1.00. The van der Waals surface area contributed by atoms with E-state index >= 15 is 0 Å². The summed E-state index contributed by atoms with van der Waals surface area (Å²) in [6, 6.07) is 0. The highest BCUT2D eigenvalue weighted by Gasteiger charge is 3.03. The van der Waals surface area contributed by atoms with Gasteiger partial charge in [0, 0.05) is 21.9 Å². The van der Waals surface area contributed by atoms with Gasteiger partial charge < -0.3 is 0 Å². The molecule has 32 rings (SSSR count). The molecule has 137 heavy (non-hydrogen) atoms. The zero-order valence-corrected chi connectivity index (χ0v) is 94.3. The van der Waals surface area contributed by atoms with Crippen molar-refractivity contribution in [3.05, 3.63) is 0 Å². The van der Waals surface area contributed by atoms with E-state index in [-0.39, 0.29) is 54.1 Å². The lowest BCUT2D eigenvalue weighted by atomic mass is 8.96. The van der Waals surface area contributed by atoms with Gasteiger partial charge >= 0.3 is 0 Å². The molecule has 31 atom stereocenters. The fourth-order valence-electron chi connectivity index (χ4n) is 46.9. The molecular weight excluding hydrogens is 1650 g/mol. The Balaban J connectivity index is 0.0000000985. The molecule has 1 spiro atoms. The Morgan fingerprint density at radius 1 is 0.212 bits per heavy atom. The number of fused-ring (bicyclic) bond motifs is 13. The summed E-state index contributed by atoms with van der Waals surface area (Å²) < 4.78 is 141. The Labute approximate surface area is 875 Å². The molecule has 31 unspecified atom stereocenters. The van der Waals surface area contributed by atoms with Crippen LogP contribution in [0.25, 0.3) is 0 Å². The molecule has 0 aromatic rings. The van der Waals surface area contributed by atoms with Crippen molar-refractivity contribution in [1.82, 2.24) is 0 Å². The summed E-state index contributed by atoms with van der Waals surface area (Å²) in [5.74, 6) is 34.6. The highest BCUT2D eigenvalue weighted by atomic mass is 15.1. The van der Waals surface area contributed by atoms with Crippen molar-refractivity contribution in [2.45, 2.75) is 538 Å². The van der Waals surface area contributed by atoms with E-state index in [1.54, 1.807) is 0 Å². The van der Waals surface area contributed by atoms with Gasteiger partial charge in [-0.3, -0.25) is 0 Å². The maximum atomic E-state index is 9.20. The summed E-state index contributed by atoms with van der Waals surface area (Å²) in [7, 11) is 0. The molecule has 0 aromatic heterocycles. The SMILES string of the molecule is [2H]C([2H])(C(C)(C)C)C12C3C4C5C3C1C5C42.[2H]C([2H])(C(C)(C)C)C12CC3CC4C5CC(CC41)CC2C5C3.[2H]C([2H])(C1C2CCC3CC4CCC1C342)C(C)(C)C.[2H]C([2H])(C1C2CCCCC2C2CCCCC21)C(C)(C)C.[2H]C([2H])(C1C2CCCCC2CC2CCCCC21)C(C)(C)C.[2H]C([2H])(C1CC2CCCC3CCCC1C32)C(C)(C)C.[2H]C([2H])(C1CC2CCCCC2C2CCCCC21)C(C)(C)C.[2H]C([2H])(C1CCC2C3CCC(C3)C2C1)C(C)(C)C. The van der Waals surface area contributed by atoms with Gasteiger partial charge in [0.15, 0.2) is 0 Å². The first-order chi connectivity index (χ1) is 71.0. The van der Waals surface area contributed by atoms with Gasteiger partial charge in [-0.15, -0.1) is 0 Å². The Bertz CT molecular complexity index is 4670. The van der Waals surface area contributed by atoms with Crippen molar-refractivity contribution in [1.29, 1.82) is 0 Å². The third kappa shape index (κ3) is 18.9. The first-order valence-corrected chi connectivity index (χ1v) is 63.0. The molecule has 0 heteroatoms. The van der Waals surface area contributed by atoms with Crippen molar-refractivity contribution < 1.29 is 21.9 Å². The van der Waals surface area contributed by atoms with Crippen molar-refractivity contribution in [2.24, 2.45) is 320 Å². The molecule has 0 saturated heterocycles. The summed E-state index contributed by atoms with van der Waals surface area (Å²) in [5, 5.41) is 0. The van der Waals surface area contributed by atoms with Crippen LogP contribution in [-0.4, -0.2) is 0 Å². The van der Waals surface area contributed by atoms with Gasteiger partial charge in [0.25, 0.3) is 0 Å². The van der Waals surface area contributed by atoms with Gasteiger partial charge in [-0.05, 0) is 557 Å². The van der Waals surface area contributed by atoms with Crippen LogP contribution in [0.3, 0.4) is 0 Å². The first kappa shape index (κ1) is 83.7. The first-order valence-electron chi connectivity index (χ1n) is 71.0. The highest BCUT2D eigenvalue weighted by molar-refractivity contribution is 5.50. The molecule has 0 aromatic carbocycles. The minimum Gasteiger partial charge on any atom is -0.0602 e. The van der Waals surface area contributed by atoms with Gasteiger partial charge in [-0.2, -0.15) is 0 Å². The minimum atomic E-state index is -1.02. The zero-order valence-electron chi connectivity index (χ0n) is 110. The Morgan fingerprint density at radius 3 is 1.08 bits per heavy atom. The second-order valence-corrected chi connectivity index (χ2v) is 65.5. The van der Waals surface area contributed by atoms with E-state index in [9.17, 15) is 2.74 Å². The van der Waals surface area contributed by atoms with Crippen LogP contribution in [0.2, 0.25) is 0 Å². The summed E-state index contributed by atoms with van der Waals surface area (Å²) in [5.41, 5.74) is -0.881. The topological polar surface area (TPSA) is 0 Å². The van der Waals surface area contributed by atoms with Gasteiger partial charge in [0.05, 0.1) is 0 Å². The Morgan fingerprint density at radius 2 is 0.584 bits per heavy atom. The zero-order chi connectivity index (χ0) is 110. The van der Waals surface area contributed by atoms with Gasteiger partial charge in [-0.1, -0.05) is 301 Å². The van der Waals surface area contributed by atoms with E-state index in [0.29, 0.717) is 76.4 Å². The maximum Gasteiger partial charge on any atom is 0.0278 e. The predicted octanol–water partition coefficient (Wildman–Crippen LogP) is 40.4. The van der Waals surface area contributed by atoms with Crippen molar-refractivity contribution >= 4 is 0 Å². The van der Waals surface area contributed by atoms with E-state index in [1.807, 2.05) is 0 Å². The molecule has 0 amide bonds. The monoisotopic (exact) mass is 1890 g/mol. The van der Waals surface area contributed by atoms with E-state index in [1.165, 1.54) is 315 Å². The van der Waals surface area contributed by atoms with E-state index in [4.69, 9.17) is 19.2 Å². The van der Waals surface area contributed by atoms with E-state index in [2.05, 4.69) is 166 Å². The lowest BCUT2D eigenvalue weighted by Gasteiger charge is -3.08. The van der Waals surface area contributed by atoms with Crippen LogP contribution in [0.4, 0.5) is 0 Å². The predicted molar refractivity (Wildman–Crippen MR) is 584 cm³/mol. The Kier molecular flexibility index (Phi) is 23.1. The average Bonchev–Trinajstić information content (AvgIpc) is 1.41. The third-order valence-corrected chi connectivity index (χ3v) is 49.0. The molecule has 0 nitrogen and oxygen atoms in total. The van der Waals surface area contributed by atoms with Crippen LogP contribution in [-0.2, 0) is 0 Å². The normalized spacial score (nSPS) is 54.2. The van der Waals surface area contributed by atoms with Crippen LogP contribution in [0.5, 0.6) is 0 Å².